The number of aromatic nitrogens is 3. The molecule has 0 aliphatic heterocycles. The molecule has 4 aromatic rings. The minimum absolute atomic E-state index is 0. The highest BCUT2D eigenvalue weighted by atomic mass is 127. The zero-order chi connectivity index (χ0) is 20.8. The molecule has 160 valence electrons. The Morgan fingerprint density at radius 3 is 2.55 bits per heavy atom. The van der Waals surface area contributed by atoms with Crippen LogP contribution in [0.3, 0.4) is 0 Å². The Kier molecular flexibility index (Phi) is 8.07. The first-order chi connectivity index (χ1) is 14.7. The molecule has 0 saturated carbocycles. The molecule has 7 nitrogen and oxygen atoms in total. The summed E-state index contributed by atoms with van der Waals surface area (Å²) in [5, 5.41) is 11.6. The smallest absolute Gasteiger partial charge is 0.226 e. The van der Waals surface area contributed by atoms with Crippen LogP contribution in [0.5, 0.6) is 0 Å². The molecule has 0 amide bonds. The van der Waals surface area contributed by atoms with Crippen LogP contribution in [-0.2, 0) is 13.1 Å². The van der Waals surface area contributed by atoms with Gasteiger partial charge in [0, 0.05) is 35.9 Å². The number of guanidine groups is 1. The average Bonchev–Trinajstić information content (AvgIpc) is 3.45. The van der Waals surface area contributed by atoms with E-state index in [2.05, 4.69) is 25.7 Å². The van der Waals surface area contributed by atoms with Gasteiger partial charge in [-0.1, -0.05) is 29.8 Å². The van der Waals surface area contributed by atoms with Gasteiger partial charge >= 0.3 is 0 Å². The van der Waals surface area contributed by atoms with Crippen LogP contribution in [0.25, 0.3) is 17.1 Å². The van der Waals surface area contributed by atoms with E-state index in [1.165, 1.54) is 0 Å². The van der Waals surface area contributed by atoms with Crippen molar-refractivity contribution >= 4 is 41.5 Å². The van der Waals surface area contributed by atoms with Gasteiger partial charge in [0.15, 0.2) is 5.96 Å². The van der Waals surface area contributed by atoms with Gasteiger partial charge < -0.3 is 15.1 Å². The van der Waals surface area contributed by atoms with Crippen molar-refractivity contribution in [3.63, 3.8) is 0 Å². The van der Waals surface area contributed by atoms with Crippen LogP contribution in [-0.4, -0.2) is 27.8 Å². The molecule has 0 aliphatic rings. The predicted octanol–water partition coefficient (Wildman–Crippen LogP) is 4.66. The molecule has 0 fully saturated rings. The first kappa shape index (κ1) is 22.8. The maximum Gasteiger partial charge on any atom is 0.226 e. The summed E-state index contributed by atoms with van der Waals surface area (Å²) < 4.78 is 7.38. The summed E-state index contributed by atoms with van der Waals surface area (Å²) in [6.45, 7) is 1.08. The SMILES string of the molecule is CN=C(NCc1cnn(-c2ccc(Cl)cc2)c1)NCc1coc(-c2ccccc2)n1.I. The Labute approximate surface area is 202 Å². The van der Waals surface area contributed by atoms with E-state index in [4.69, 9.17) is 16.0 Å². The van der Waals surface area contributed by atoms with Crippen molar-refractivity contribution in [2.24, 2.45) is 4.99 Å². The monoisotopic (exact) mass is 548 g/mol. The molecule has 2 aromatic carbocycles. The summed E-state index contributed by atoms with van der Waals surface area (Å²) in [5.41, 5.74) is 3.73. The third kappa shape index (κ3) is 6.08. The van der Waals surface area contributed by atoms with Crippen molar-refractivity contribution in [3.8, 4) is 17.1 Å². The van der Waals surface area contributed by atoms with E-state index in [9.17, 15) is 0 Å². The second kappa shape index (κ2) is 11.0. The van der Waals surface area contributed by atoms with Crippen LogP contribution in [0, 0.1) is 0 Å². The second-order valence-corrected chi connectivity index (χ2v) is 7.00. The minimum atomic E-state index is 0. The number of aliphatic imine (C=N–C) groups is 1. The van der Waals surface area contributed by atoms with Crippen LogP contribution in [0.15, 0.2) is 82.7 Å². The summed E-state index contributed by atoms with van der Waals surface area (Å²) >= 11 is 5.94. The van der Waals surface area contributed by atoms with E-state index in [1.54, 1.807) is 13.3 Å². The number of benzene rings is 2. The highest BCUT2D eigenvalue weighted by Gasteiger charge is 2.07. The summed E-state index contributed by atoms with van der Waals surface area (Å²) in [5.74, 6) is 1.27. The molecule has 4 rings (SSSR count). The second-order valence-electron chi connectivity index (χ2n) is 6.56. The molecule has 0 spiro atoms. The van der Waals surface area contributed by atoms with Crippen molar-refractivity contribution in [1.29, 1.82) is 0 Å². The molecule has 9 heteroatoms. The Morgan fingerprint density at radius 1 is 1.06 bits per heavy atom. The van der Waals surface area contributed by atoms with Crippen molar-refractivity contribution in [2.75, 3.05) is 7.05 Å². The van der Waals surface area contributed by atoms with Crippen LogP contribution < -0.4 is 10.6 Å². The first-order valence-corrected chi connectivity index (χ1v) is 9.83. The van der Waals surface area contributed by atoms with Gasteiger partial charge in [-0.15, -0.1) is 24.0 Å². The fraction of sp³-hybridized carbons (Fsp3) is 0.136. The maximum atomic E-state index is 5.94. The minimum Gasteiger partial charge on any atom is -0.444 e. The van der Waals surface area contributed by atoms with Gasteiger partial charge in [0.1, 0.15) is 6.26 Å². The lowest BCUT2D eigenvalue weighted by molar-refractivity contribution is 0.572. The summed E-state index contributed by atoms with van der Waals surface area (Å²) in [6.07, 6.45) is 5.44. The van der Waals surface area contributed by atoms with Gasteiger partial charge in [0.2, 0.25) is 5.89 Å². The number of nitrogens with one attached hydrogen (secondary N) is 2. The van der Waals surface area contributed by atoms with Gasteiger partial charge in [0.25, 0.3) is 0 Å². The first-order valence-electron chi connectivity index (χ1n) is 9.45. The van der Waals surface area contributed by atoms with Gasteiger partial charge in [-0.25, -0.2) is 9.67 Å². The molecular weight excluding hydrogens is 527 g/mol. The average molecular weight is 549 g/mol. The third-order valence-corrected chi connectivity index (χ3v) is 4.67. The Morgan fingerprint density at radius 2 is 1.81 bits per heavy atom. The molecule has 2 N–H and O–H groups in total. The van der Waals surface area contributed by atoms with E-state index in [-0.39, 0.29) is 24.0 Å². The molecule has 0 radical (unpaired) electrons. The molecule has 0 aliphatic carbocycles. The molecule has 0 atom stereocenters. The maximum absolute atomic E-state index is 5.94. The van der Waals surface area contributed by atoms with Gasteiger partial charge in [-0.2, -0.15) is 5.10 Å². The number of halogens is 2. The van der Waals surface area contributed by atoms with E-state index in [0.717, 1.165) is 22.5 Å². The number of nitrogens with zero attached hydrogens (tertiary/aromatic N) is 4. The highest BCUT2D eigenvalue weighted by Crippen LogP contribution is 2.17. The topological polar surface area (TPSA) is 80.3 Å². The van der Waals surface area contributed by atoms with Crippen LogP contribution in [0.2, 0.25) is 5.02 Å². The fourth-order valence-corrected chi connectivity index (χ4v) is 2.99. The lowest BCUT2D eigenvalue weighted by Crippen LogP contribution is -2.36. The fourth-order valence-electron chi connectivity index (χ4n) is 2.87. The van der Waals surface area contributed by atoms with Crippen molar-refractivity contribution in [1.82, 2.24) is 25.4 Å². The van der Waals surface area contributed by atoms with Crippen molar-refractivity contribution in [2.45, 2.75) is 13.1 Å². The summed E-state index contributed by atoms with van der Waals surface area (Å²) in [4.78, 5) is 8.77. The summed E-state index contributed by atoms with van der Waals surface area (Å²) in [7, 11) is 1.73. The van der Waals surface area contributed by atoms with Gasteiger partial charge in [-0.3, -0.25) is 4.99 Å². The molecule has 2 aromatic heterocycles. The lowest BCUT2D eigenvalue weighted by atomic mass is 10.2. The van der Waals surface area contributed by atoms with Gasteiger partial charge in [0.05, 0.1) is 24.1 Å². The van der Waals surface area contributed by atoms with E-state index in [0.29, 0.717) is 30.0 Å². The molecule has 0 bridgehead atoms. The molecule has 31 heavy (non-hydrogen) atoms. The number of oxazole rings is 1. The Bertz CT molecular complexity index is 1120. The lowest BCUT2D eigenvalue weighted by Gasteiger charge is -2.09. The van der Waals surface area contributed by atoms with Crippen molar-refractivity contribution < 1.29 is 4.42 Å². The number of hydrogen-bond donors (Lipinski definition) is 2. The molecule has 0 unspecified atom stereocenters. The van der Waals surface area contributed by atoms with E-state index < -0.39 is 0 Å². The van der Waals surface area contributed by atoms with E-state index >= 15 is 0 Å². The largest absolute Gasteiger partial charge is 0.444 e. The van der Waals surface area contributed by atoms with Crippen molar-refractivity contribution in [3.05, 3.63) is 89.5 Å². The van der Waals surface area contributed by atoms with Crippen LogP contribution >= 0.6 is 35.6 Å². The van der Waals surface area contributed by atoms with Gasteiger partial charge in [-0.05, 0) is 36.4 Å². The third-order valence-electron chi connectivity index (χ3n) is 4.42. The molecule has 0 saturated heterocycles. The summed E-state index contributed by atoms with van der Waals surface area (Å²) in [6, 6.07) is 17.3. The number of rotatable bonds is 6. The van der Waals surface area contributed by atoms with Crippen LogP contribution in [0.1, 0.15) is 11.3 Å². The Hall–Kier alpha value is -2.85. The predicted molar refractivity (Wildman–Crippen MR) is 133 cm³/mol. The molecular formula is C22H22ClIN6O. The zero-order valence-corrected chi connectivity index (χ0v) is 19.9. The molecule has 2 heterocycles. The number of hydrogen-bond acceptors (Lipinski definition) is 4. The standard InChI is InChI=1S/C22H21ClN6O.HI/c1-24-22(26-13-19-15-30-21(28-19)17-5-3-2-4-6-17)25-11-16-12-27-29(14-16)20-9-7-18(23)8-10-20;/h2-10,12,14-15H,11,13H2,1H3,(H2,24,25,26);1H. The van der Waals surface area contributed by atoms with E-state index in [1.807, 2.05) is 71.7 Å². The van der Waals surface area contributed by atoms with Crippen LogP contribution in [0.4, 0.5) is 0 Å². The highest BCUT2D eigenvalue weighted by molar-refractivity contribution is 14.0. The zero-order valence-electron chi connectivity index (χ0n) is 16.8. The quantitative estimate of drug-likeness (QED) is 0.208. The Balaban J connectivity index is 0.00000272. The normalized spacial score (nSPS) is 11.1.